The summed E-state index contributed by atoms with van der Waals surface area (Å²) in [6.07, 6.45) is 0. The number of pyridine rings is 1. The number of nitrogens with zero attached hydrogens (tertiary/aromatic N) is 1. The topological polar surface area (TPSA) is 71.5 Å². The van der Waals surface area contributed by atoms with Gasteiger partial charge in [-0.05, 0) is 54.1 Å². The molecule has 0 aliphatic heterocycles. The number of benzene rings is 3. The van der Waals surface area contributed by atoms with Gasteiger partial charge < -0.3 is 15.2 Å². The molecule has 0 spiro atoms. The number of anilines is 1. The molecule has 0 unspecified atom stereocenters. The lowest BCUT2D eigenvalue weighted by Crippen LogP contribution is -2.02. The predicted molar refractivity (Wildman–Crippen MR) is 113 cm³/mol. The first-order valence-electron chi connectivity index (χ1n) is 9.31. The van der Waals surface area contributed by atoms with Crippen molar-refractivity contribution in [2.45, 2.75) is 13.2 Å². The zero-order valence-corrected chi connectivity index (χ0v) is 15.7. The fourth-order valence-electron chi connectivity index (χ4n) is 3.03. The number of carbonyl (C=O) groups is 1. The summed E-state index contributed by atoms with van der Waals surface area (Å²) in [6, 6.07) is 26.6. The Morgan fingerprint density at radius 2 is 1.76 bits per heavy atom. The van der Waals surface area contributed by atoms with E-state index in [0.29, 0.717) is 13.2 Å². The molecule has 0 saturated heterocycles. The first-order valence-corrected chi connectivity index (χ1v) is 9.31. The van der Waals surface area contributed by atoms with Crippen molar-refractivity contribution in [3.8, 4) is 5.75 Å². The lowest BCUT2D eigenvalue weighted by molar-refractivity contribution is 0.0697. The monoisotopic (exact) mass is 384 g/mol. The number of hydrogen-bond donors (Lipinski definition) is 2. The van der Waals surface area contributed by atoms with E-state index in [1.807, 2.05) is 54.6 Å². The number of nitrogens with one attached hydrogen (secondary N) is 1. The molecule has 144 valence electrons. The summed E-state index contributed by atoms with van der Waals surface area (Å²) in [7, 11) is 0. The van der Waals surface area contributed by atoms with E-state index >= 15 is 0 Å². The summed E-state index contributed by atoms with van der Waals surface area (Å²) in [5, 5.41) is 13.4. The van der Waals surface area contributed by atoms with Gasteiger partial charge in [-0.15, -0.1) is 0 Å². The van der Waals surface area contributed by atoms with E-state index in [0.717, 1.165) is 33.6 Å². The van der Waals surface area contributed by atoms with Crippen molar-refractivity contribution in [3.05, 3.63) is 102 Å². The van der Waals surface area contributed by atoms with Crippen molar-refractivity contribution in [1.29, 1.82) is 0 Å². The van der Waals surface area contributed by atoms with Crippen LogP contribution < -0.4 is 10.1 Å². The van der Waals surface area contributed by atoms with E-state index in [-0.39, 0.29) is 5.56 Å². The van der Waals surface area contributed by atoms with Gasteiger partial charge in [-0.25, -0.2) is 9.78 Å². The molecule has 4 aromatic rings. The molecule has 0 amide bonds. The van der Waals surface area contributed by atoms with Crippen LogP contribution in [0.3, 0.4) is 0 Å². The quantitative estimate of drug-likeness (QED) is 0.462. The van der Waals surface area contributed by atoms with Crippen molar-refractivity contribution in [2.75, 3.05) is 5.32 Å². The lowest BCUT2D eigenvalue weighted by Gasteiger charge is -2.10. The summed E-state index contributed by atoms with van der Waals surface area (Å²) in [4.78, 5) is 15.5. The smallest absolute Gasteiger partial charge is 0.335 e. The van der Waals surface area contributed by atoms with Crippen LogP contribution in [0.1, 0.15) is 21.6 Å². The van der Waals surface area contributed by atoms with E-state index < -0.39 is 5.97 Å². The van der Waals surface area contributed by atoms with Crippen LogP contribution in [-0.2, 0) is 13.2 Å². The van der Waals surface area contributed by atoms with Crippen LogP contribution in [0.5, 0.6) is 5.75 Å². The van der Waals surface area contributed by atoms with Crippen LogP contribution in [0.4, 0.5) is 5.69 Å². The number of ether oxygens (including phenoxy) is 1. The number of aromatic carboxylic acids is 1. The SMILES string of the molecule is O=C(O)c1ccc(NCc2cccc(OCc3ccc4ccccc4n3)c2)cc1. The van der Waals surface area contributed by atoms with Gasteiger partial charge >= 0.3 is 5.97 Å². The van der Waals surface area contributed by atoms with Gasteiger partial charge in [0, 0.05) is 17.6 Å². The molecule has 5 heteroatoms. The summed E-state index contributed by atoms with van der Waals surface area (Å²) in [6.45, 7) is 1.01. The first kappa shape index (κ1) is 18.5. The molecule has 4 rings (SSSR count). The van der Waals surface area contributed by atoms with Crippen LogP contribution in [0.15, 0.2) is 84.9 Å². The minimum Gasteiger partial charge on any atom is -0.487 e. The molecule has 2 N–H and O–H groups in total. The highest BCUT2D eigenvalue weighted by Gasteiger charge is 2.03. The van der Waals surface area contributed by atoms with Gasteiger partial charge in [0.25, 0.3) is 0 Å². The molecule has 29 heavy (non-hydrogen) atoms. The Balaban J connectivity index is 1.37. The van der Waals surface area contributed by atoms with Crippen molar-refractivity contribution in [1.82, 2.24) is 4.98 Å². The Morgan fingerprint density at radius 3 is 2.59 bits per heavy atom. The van der Waals surface area contributed by atoms with E-state index in [4.69, 9.17) is 9.84 Å². The highest BCUT2D eigenvalue weighted by molar-refractivity contribution is 5.88. The standard InChI is InChI=1S/C24H20N2O3/c27-24(28)19-9-11-20(12-10-19)25-15-17-4-3-6-22(14-17)29-16-21-13-8-18-5-1-2-7-23(18)26-21/h1-14,25H,15-16H2,(H,27,28). The molecule has 0 atom stereocenters. The largest absolute Gasteiger partial charge is 0.487 e. The van der Waals surface area contributed by atoms with Crippen LogP contribution in [-0.4, -0.2) is 16.1 Å². The molecule has 0 aliphatic rings. The third kappa shape index (κ3) is 4.71. The van der Waals surface area contributed by atoms with E-state index in [2.05, 4.69) is 16.4 Å². The third-order valence-electron chi connectivity index (χ3n) is 4.57. The zero-order chi connectivity index (χ0) is 20.1. The minimum absolute atomic E-state index is 0.272. The second-order valence-electron chi connectivity index (χ2n) is 6.67. The van der Waals surface area contributed by atoms with Gasteiger partial charge in [-0.2, -0.15) is 0 Å². The summed E-state index contributed by atoms with van der Waals surface area (Å²) < 4.78 is 5.92. The number of para-hydroxylation sites is 1. The normalized spacial score (nSPS) is 10.6. The molecule has 0 aliphatic carbocycles. The van der Waals surface area contributed by atoms with E-state index in [9.17, 15) is 4.79 Å². The van der Waals surface area contributed by atoms with Crippen LogP contribution in [0.25, 0.3) is 10.9 Å². The number of hydrogen-bond acceptors (Lipinski definition) is 4. The average Bonchev–Trinajstić information content (AvgIpc) is 2.77. The van der Waals surface area contributed by atoms with Crippen molar-refractivity contribution in [2.24, 2.45) is 0 Å². The number of aromatic nitrogens is 1. The maximum absolute atomic E-state index is 10.9. The number of rotatable bonds is 7. The van der Waals surface area contributed by atoms with Crippen LogP contribution in [0.2, 0.25) is 0 Å². The van der Waals surface area contributed by atoms with E-state index in [1.54, 1.807) is 24.3 Å². The van der Waals surface area contributed by atoms with Gasteiger partial charge in [0.2, 0.25) is 0 Å². The minimum atomic E-state index is -0.928. The summed E-state index contributed by atoms with van der Waals surface area (Å²) in [5.41, 5.74) is 4.04. The Morgan fingerprint density at radius 1 is 0.931 bits per heavy atom. The molecular weight excluding hydrogens is 364 g/mol. The van der Waals surface area contributed by atoms with Crippen molar-refractivity contribution >= 4 is 22.6 Å². The highest BCUT2D eigenvalue weighted by atomic mass is 16.5. The number of carboxylic acids is 1. The summed E-state index contributed by atoms with van der Waals surface area (Å²) in [5.74, 6) is -0.150. The Labute approximate surface area is 168 Å². The maximum Gasteiger partial charge on any atom is 0.335 e. The second kappa shape index (κ2) is 8.44. The van der Waals surface area contributed by atoms with E-state index in [1.165, 1.54) is 0 Å². The lowest BCUT2D eigenvalue weighted by atomic mass is 10.2. The van der Waals surface area contributed by atoms with Gasteiger partial charge in [0.05, 0.1) is 16.8 Å². The Kier molecular flexibility index (Phi) is 5.38. The van der Waals surface area contributed by atoms with Crippen LogP contribution >= 0.6 is 0 Å². The highest BCUT2D eigenvalue weighted by Crippen LogP contribution is 2.18. The molecular formula is C24H20N2O3. The molecule has 0 radical (unpaired) electrons. The second-order valence-corrected chi connectivity index (χ2v) is 6.67. The predicted octanol–water partition coefficient (Wildman–Crippen LogP) is 5.12. The fraction of sp³-hybridized carbons (Fsp3) is 0.0833. The van der Waals surface area contributed by atoms with Gasteiger partial charge in [-0.3, -0.25) is 0 Å². The molecule has 5 nitrogen and oxygen atoms in total. The maximum atomic E-state index is 10.9. The Hall–Kier alpha value is -3.86. The van der Waals surface area contributed by atoms with Gasteiger partial charge in [0.1, 0.15) is 12.4 Å². The number of fused-ring (bicyclic) bond motifs is 1. The summed E-state index contributed by atoms with van der Waals surface area (Å²) >= 11 is 0. The van der Waals surface area contributed by atoms with Crippen molar-refractivity contribution < 1.29 is 14.6 Å². The number of carboxylic acid groups (broad SMARTS) is 1. The van der Waals surface area contributed by atoms with Gasteiger partial charge in [-0.1, -0.05) is 36.4 Å². The molecule has 3 aromatic carbocycles. The van der Waals surface area contributed by atoms with Gasteiger partial charge in [0.15, 0.2) is 0 Å². The average molecular weight is 384 g/mol. The molecule has 0 fully saturated rings. The fourth-order valence-corrected chi connectivity index (χ4v) is 3.03. The van der Waals surface area contributed by atoms with Crippen molar-refractivity contribution in [3.63, 3.8) is 0 Å². The molecule has 0 bridgehead atoms. The Bertz CT molecular complexity index is 1140. The zero-order valence-electron chi connectivity index (χ0n) is 15.7. The first-order chi connectivity index (χ1) is 14.2. The molecule has 0 saturated carbocycles. The third-order valence-corrected chi connectivity index (χ3v) is 4.57. The molecule has 1 heterocycles. The van der Waals surface area contributed by atoms with Crippen LogP contribution in [0, 0.1) is 0 Å². The molecule has 1 aromatic heterocycles.